The Labute approximate surface area is 107 Å². The molecule has 0 aliphatic rings. The summed E-state index contributed by atoms with van der Waals surface area (Å²) in [5, 5.41) is 0.305. The molecule has 0 spiro atoms. The van der Waals surface area contributed by atoms with Gasteiger partial charge in [0.2, 0.25) is 0 Å². The summed E-state index contributed by atoms with van der Waals surface area (Å²) in [6, 6.07) is 4.97. The highest BCUT2D eigenvalue weighted by Gasteiger charge is 2.21. The Kier molecular flexibility index (Phi) is 4.63. The maximum atomic E-state index is 13.3. The van der Waals surface area contributed by atoms with Crippen molar-refractivity contribution in [2.45, 2.75) is 39.0 Å². The van der Waals surface area contributed by atoms with Gasteiger partial charge in [0.1, 0.15) is 5.82 Å². The number of benzene rings is 1. The zero-order valence-corrected chi connectivity index (χ0v) is 11.4. The second-order valence-electron chi connectivity index (χ2n) is 5.07. The van der Waals surface area contributed by atoms with Crippen LogP contribution in [-0.2, 0) is 6.42 Å². The second kappa shape index (κ2) is 5.37. The van der Waals surface area contributed by atoms with Crippen LogP contribution in [0.25, 0.3) is 0 Å². The van der Waals surface area contributed by atoms with Crippen LogP contribution in [0.3, 0.4) is 0 Å². The molecule has 0 heterocycles. The molecule has 1 unspecified atom stereocenters. The summed E-state index contributed by atoms with van der Waals surface area (Å²) in [6.45, 7) is 6.25. The van der Waals surface area contributed by atoms with Crippen molar-refractivity contribution in [3.8, 4) is 0 Å². The first kappa shape index (κ1) is 13.8. The molecule has 16 heavy (non-hydrogen) atoms. The van der Waals surface area contributed by atoms with Crippen LogP contribution in [0.2, 0.25) is 5.02 Å². The minimum atomic E-state index is -0.353. The van der Waals surface area contributed by atoms with Gasteiger partial charge in [-0.2, -0.15) is 0 Å². The fraction of sp³-hybridized carbons (Fsp3) is 0.538. The van der Waals surface area contributed by atoms with Gasteiger partial charge in [0, 0.05) is 5.38 Å². The van der Waals surface area contributed by atoms with Crippen LogP contribution >= 0.6 is 23.2 Å². The molecule has 0 radical (unpaired) electrons. The highest BCUT2D eigenvalue weighted by Crippen LogP contribution is 2.30. The topological polar surface area (TPSA) is 0 Å². The summed E-state index contributed by atoms with van der Waals surface area (Å²) in [6.07, 6.45) is 1.71. The summed E-state index contributed by atoms with van der Waals surface area (Å²) in [7, 11) is 0. The van der Waals surface area contributed by atoms with Gasteiger partial charge in [-0.1, -0.05) is 31.5 Å². The quantitative estimate of drug-likeness (QED) is 0.665. The van der Waals surface area contributed by atoms with Gasteiger partial charge in [-0.15, -0.1) is 11.6 Å². The summed E-state index contributed by atoms with van der Waals surface area (Å²) in [4.78, 5) is 0. The zero-order valence-electron chi connectivity index (χ0n) is 9.86. The second-order valence-corrected chi connectivity index (χ2v) is 6.23. The molecule has 0 nitrogen and oxygen atoms in total. The third-order valence-corrected chi connectivity index (χ3v) is 2.96. The van der Waals surface area contributed by atoms with Gasteiger partial charge < -0.3 is 0 Å². The lowest BCUT2D eigenvalue weighted by molar-refractivity contribution is 0.331. The van der Waals surface area contributed by atoms with Crippen LogP contribution in [0.15, 0.2) is 18.2 Å². The number of halogens is 3. The predicted molar refractivity (Wildman–Crippen MR) is 68.8 cm³/mol. The average Bonchev–Trinajstić information content (AvgIpc) is 2.08. The van der Waals surface area contributed by atoms with E-state index in [9.17, 15) is 4.39 Å². The molecule has 0 aliphatic heterocycles. The molecule has 1 aromatic rings. The van der Waals surface area contributed by atoms with E-state index in [0.717, 1.165) is 18.4 Å². The van der Waals surface area contributed by atoms with Crippen LogP contribution in [0.5, 0.6) is 0 Å². The Morgan fingerprint density at radius 1 is 1.38 bits per heavy atom. The summed E-state index contributed by atoms with van der Waals surface area (Å²) in [5.41, 5.74) is 1.03. The molecule has 0 aliphatic carbocycles. The normalized spacial score (nSPS) is 13.9. The molecule has 0 saturated heterocycles. The molecule has 0 amide bonds. The molecule has 0 bridgehead atoms. The number of hydrogen-bond acceptors (Lipinski definition) is 0. The fourth-order valence-corrected chi connectivity index (χ4v) is 2.57. The molecular formula is C13H17Cl2F. The van der Waals surface area contributed by atoms with Gasteiger partial charge in [0.25, 0.3) is 0 Å². The Hall–Kier alpha value is -0.270. The Balaban J connectivity index is 2.76. The number of rotatable bonds is 4. The van der Waals surface area contributed by atoms with Crippen molar-refractivity contribution in [1.29, 1.82) is 0 Å². The minimum Gasteiger partial charge on any atom is -0.205 e. The van der Waals surface area contributed by atoms with Crippen LogP contribution in [0.4, 0.5) is 4.39 Å². The third-order valence-electron chi connectivity index (χ3n) is 2.50. The first-order valence-electron chi connectivity index (χ1n) is 5.38. The van der Waals surface area contributed by atoms with Crippen LogP contribution < -0.4 is 0 Å². The van der Waals surface area contributed by atoms with Gasteiger partial charge >= 0.3 is 0 Å². The number of hydrogen-bond donors (Lipinski definition) is 0. The van der Waals surface area contributed by atoms with Crippen molar-refractivity contribution in [2.24, 2.45) is 5.41 Å². The van der Waals surface area contributed by atoms with Crippen molar-refractivity contribution in [3.05, 3.63) is 34.6 Å². The van der Waals surface area contributed by atoms with Crippen molar-refractivity contribution < 1.29 is 4.39 Å². The monoisotopic (exact) mass is 262 g/mol. The molecule has 1 aromatic carbocycles. The van der Waals surface area contributed by atoms with Crippen molar-refractivity contribution in [2.75, 3.05) is 0 Å². The first-order chi connectivity index (χ1) is 7.30. The average molecular weight is 263 g/mol. The summed E-state index contributed by atoms with van der Waals surface area (Å²) < 4.78 is 13.3. The number of alkyl halides is 1. The van der Waals surface area contributed by atoms with E-state index in [4.69, 9.17) is 23.2 Å². The molecule has 0 fully saturated rings. The first-order valence-corrected chi connectivity index (χ1v) is 6.19. The SMILES string of the molecule is CC(Cl)CC(C)(C)Cc1ccc(Cl)c(F)c1. The lowest BCUT2D eigenvalue weighted by Crippen LogP contribution is -2.18. The van der Waals surface area contributed by atoms with Crippen LogP contribution in [0.1, 0.15) is 32.8 Å². The van der Waals surface area contributed by atoms with E-state index < -0.39 is 0 Å². The van der Waals surface area contributed by atoms with E-state index in [1.807, 2.05) is 13.0 Å². The fourth-order valence-electron chi connectivity index (χ4n) is 2.04. The molecule has 0 saturated carbocycles. The predicted octanol–water partition coefficient (Wildman–Crippen LogP) is 5.07. The Morgan fingerprint density at radius 3 is 2.50 bits per heavy atom. The van der Waals surface area contributed by atoms with Gasteiger partial charge in [-0.25, -0.2) is 4.39 Å². The summed E-state index contributed by atoms with van der Waals surface area (Å²) >= 11 is 11.6. The van der Waals surface area contributed by atoms with E-state index >= 15 is 0 Å². The maximum absolute atomic E-state index is 13.3. The van der Waals surface area contributed by atoms with E-state index in [1.54, 1.807) is 6.07 Å². The molecule has 1 rings (SSSR count). The molecule has 1 atom stereocenters. The molecule has 0 aromatic heterocycles. The lowest BCUT2D eigenvalue weighted by atomic mass is 9.82. The highest BCUT2D eigenvalue weighted by molar-refractivity contribution is 6.30. The van der Waals surface area contributed by atoms with E-state index in [-0.39, 0.29) is 21.6 Å². The van der Waals surface area contributed by atoms with Gasteiger partial charge in [0.15, 0.2) is 0 Å². The van der Waals surface area contributed by atoms with E-state index in [1.165, 1.54) is 6.07 Å². The smallest absolute Gasteiger partial charge is 0.142 e. The minimum absolute atomic E-state index is 0.0709. The Morgan fingerprint density at radius 2 is 2.00 bits per heavy atom. The molecule has 0 N–H and O–H groups in total. The van der Waals surface area contributed by atoms with Crippen LogP contribution in [-0.4, -0.2) is 5.38 Å². The van der Waals surface area contributed by atoms with E-state index in [2.05, 4.69) is 13.8 Å². The van der Waals surface area contributed by atoms with Gasteiger partial charge in [-0.05, 0) is 42.9 Å². The van der Waals surface area contributed by atoms with E-state index in [0.29, 0.717) is 0 Å². The summed E-state index contributed by atoms with van der Waals surface area (Å²) in [5.74, 6) is -0.353. The molecular weight excluding hydrogens is 246 g/mol. The molecule has 3 heteroatoms. The lowest BCUT2D eigenvalue weighted by Gasteiger charge is -2.26. The zero-order chi connectivity index (χ0) is 12.3. The standard InChI is InChI=1S/C13H17Cl2F/c1-9(14)7-13(2,3)8-10-4-5-11(15)12(16)6-10/h4-6,9H,7-8H2,1-3H3. The third kappa shape index (κ3) is 4.31. The van der Waals surface area contributed by atoms with Crippen molar-refractivity contribution in [3.63, 3.8) is 0 Å². The Bertz CT molecular complexity index is 359. The molecule has 90 valence electrons. The van der Waals surface area contributed by atoms with Gasteiger partial charge in [0.05, 0.1) is 5.02 Å². The van der Waals surface area contributed by atoms with Crippen LogP contribution in [0, 0.1) is 11.2 Å². The largest absolute Gasteiger partial charge is 0.205 e. The van der Waals surface area contributed by atoms with Gasteiger partial charge in [-0.3, -0.25) is 0 Å². The highest BCUT2D eigenvalue weighted by atomic mass is 35.5. The van der Waals surface area contributed by atoms with Crippen molar-refractivity contribution >= 4 is 23.2 Å². The van der Waals surface area contributed by atoms with Crippen molar-refractivity contribution in [1.82, 2.24) is 0 Å². The maximum Gasteiger partial charge on any atom is 0.142 e.